The summed E-state index contributed by atoms with van der Waals surface area (Å²) >= 11 is 3.62. The van der Waals surface area contributed by atoms with Gasteiger partial charge < -0.3 is 10.3 Å². The highest BCUT2D eigenvalue weighted by atomic mass is 79.9. The van der Waals surface area contributed by atoms with Crippen LogP contribution in [0.2, 0.25) is 0 Å². The van der Waals surface area contributed by atoms with E-state index in [0.717, 1.165) is 15.7 Å². The Morgan fingerprint density at radius 1 is 1.26 bits per heavy atom. The van der Waals surface area contributed by atoms with E-state index in [4.69, 9.17) is 5.73 Å². The van der Waals surface area contributed by atoms with Crippen LogP contribution in [0.25, 0.3) is 22.2 Å². The molecule has 0 aliphatic rings. The molecule has 0 unspecified atom stereocenters. The topological polar surface area (TPSA) is 48.8 Å². The molecule has 0 spiro atoms. The number of halogens is 1. The van der Waals surface area contributed by atoms with Gasteiger partial charge in [0.05, 0.1) is 23.1 Å². The van der Waals surface area contributed by atoms with Crippen molar-refractivity contribution in [2.45, 2.75) is 6.92 Å². The summed E-state index contributed by atoms with van der Waals surface area (Å²) < 4.78 is 5.10. The first-order valence-electron chi connectivity index (χ1n) is 6.03. The Kier molecular flexibility index (Phi) is 2.67. The first-order chi connectivity index (χ1) is 9.02. The van der Waals surface area contributed by atoms with Crippen LogP contribution in [0.15, 0.2) is 28.9 Å². The molecular formula is C14H15BrN4. The van der Waals surface area contributed by atoms with Crippen molar-refractivity contribution >= 4 is 32.5 Å². The monoisotopic (exact) mass is 318 g/mol. The quantitative estimate of drug-likeness (QED) is 0.748. The molecule has 0 amide bonds. The predicted octanol–water partition coefficient (Wildman–Crippen LogP) is 3.23. The van der Waals surface area contributed by atoms with Gasteiger partial charge in [0.25, 0.3) is 0 Å². The van der Waals surface area contributed by atoms with Gasteiger partial charge in [0.1, 0.15) is 0 Å². The van der Waals surface area contributed by atoms with Crippen molar-refractivity contribution in [3.63, 3.8) is 0 Å². The molecule has 0 fully saturated rings. The molecule has 0 aliphatic carbocycles. The molecule has 3 aromatic rings. The van der Waals surface area contributed by atoms with Crippen LogP contribution in [0, 0.1) is 6.92 Å². The number of nitrogen functional groups attached to an aromatic ring is 1. The lowest BCUT2D eigenvalue weighted by molar-refractivity contribution is 0.774. The molecule has 0 radical (unpaired) electrons. The SMILES string of the molecule is Cc1c(-c2c(N)cnn2C)c2cccc(Br)c2n1C. The van der Waals surface area contributed by atoms with Gasteiger partial charge in [0.15, 0.2) is 0 Å². The van der Waals surface area contributed by atoms with Gasteiger partial charge in [-0.25, -0.2) is 0 Å². The van der Waals surface area contributed by atoms with E-state index in [0.29, 0.717) is 5.69 Å². The van der Waals surface area contributed by atoms with Crippen molar-refractivity contribution < 1.29 is 0 Å². The Bertz CT molecular complexity index is 763. The lowest BCUT2D eigenvalue weighted by atomic mass is 10.1. The number of fused-ring (bicyclic) bond motifs is 1. The standard InChI is InChI=1S/C14H15BrN4/c1-8-12(14-11(16)7-17-19(14)3)9-5-4-6-10(15)13(9)18(8)2/h4-7H,16H2,1-3H3. The summed E-state index contributed by atoms with van der Waals surface area (Å²) in [7, 11) is 3.99. The van der Waals surface area contributed by atoms with E-state index in [2.05, 4.69) is 51.7 Å². The maximum Gasteiger partial charge on any atom is 0.0932 e. The van der Waals surface area contributed by atoms with Crippen molar-refractivity contribution in [3.8, 4) is 11.3 Å². The average Bonchev–Trinajstić information content (AvgIpc) is 2.81. The summed E-state index contributed by atoms with van der Waals surface area (Å²) in [6.07, 6.45) is 1.70. The molecule has 5 heteroatoms. The van der Waals surface area contributed by atoms with Gasteiger partial charge in [0.2, 0.25) is 0 Å². The van der Waals surface area contributed by atoms with Gasteiger partial charge in [-0.15, -0.1) is 0 Å². The number of aryl methyl sites for hydroxylation is 2. The number of hydrogen-bond donors (Lipinski definition) is 1. The molecule has 0 aliphatic heterocycles. The highest BCUT2D eigenvalue weighted by molar-refractivity contribution is 9.10. The largest absolute Gasteiger partial charge is 0.396 e. The van der Waals surface area contributed by atoms with Crippen molar-refractivity contribution in [2.75, 3.05) is 5.73 Å². The van der Waals surface area contributed by atoms with Crippen LogP contribution >= 0.6 is 15.9 Å². The van der Waals surface area contributed by atoms with E-state index < -0.39 is 0 Å². The smallest absolute Gasteiger partial charge is 0.0932 e. The number of hydrogen-bond acceptors (Lipinski definition) is 2. The van der Waals surface area contributed by atoms with Crippen molar-refractivity contribution in [1.29, 1.82) is 0 Å². The molecular weight excluding hydrogens is 304 g/mol. The number of rotatable bonds is 1. The fraction of sp³-hybridized carbons (Fsp3) is 0.214. The summed E-state index contributed by atoms with van der Waals surface area (Å²) in [5.41, 5.74) is 11.3. The van der Waals surface area contributed by atoms with E-state index in [9.17, 15) is 0 Å². The molecule has 1 aromatic carbocycles. The molecule has 2 heterocycles. The first kappa shape index (κ1) is 12.3. The highest BCUT2D eigenvalue weighted by Gasteiger charge is 2.19. The zero-order valence-electron chi connectivity index (χ0n) is 11.1. The molecule has 2 aromatic heterocycles. The lowest BCUT2D eigenvalue weighted by Gasteiger charge is -2.05. The molecule has 2 N–H and O–H groups in total. The Morgan fingerprint density at radius 3 is 2.63 bits per heavy atom. The molecule has 98 valence electrons. The van der Waals surface area contributed by atoms with Gasteiger partial charge in [-0.2, -0.15) is 5.10 Å². The van der Waals surface area contributed by atoms with Crippen LogP contribution < -0.4 is 5.73 Å². The van der Waals surface area contributed by atoms with Gasteiger partial charge in [-0.05, 0) is 28.9 Å². The second-order valence-corrected chi connectivity index (χ2v) is 5.58. The third kappa shape index (κ3) is 1.61. The Labute approximate surface area is 119 Å². The van der Waals surface area contributed by atoms with Crippen LogP contribution in [-0.4, -0.2) is 14.3 Å². The summed E-state index contributed by atoms with van der Waals surface area (Å²) in [5.74, 6) is 0. The van der Waals surface area contributed by atoms with Crippen molar-refractivity contribution in [1.82, 2.24) is 14.3 Å². The normalized spacial score (nSPS) is 11.4. The molecule has 0 bridgehead atoms. The second kappa shape index (κ2) is 4.13. The Hall–Kier alpha value is -1.75. The second-order valence-electron chi connectivity index (χ2n) is 4.73. The fourth-order valence-corrected chi connectivity index (χ4v) is 3.28. The Balaban J connectivity index is 2.49. The highest BCUT2D eigenvalue weighted by Crippen LogP contribution is 2.38. The summed E-state index contributed by atoms with van der Waals surface area (Å²) in [6.45, 7) is 2.11. The zero-order chi connectivity index (χ0) is 13.7. The number of nitrogens with zero attached hydrogens (tertiary/aromatic N) is 3. The van der Waals surface area contributed by atoms with Crippen LogP contribution in [0.3, 0.4) is 0 Å². The molecule has 0 saturated carbocycles. The number of anilines is 1. The number of para-hydroxylation sites is 1. The fourth-order valence-electron chi connectivity index (χ4n) is 2.65. The van der Waals surface area contributed by atoms with E-state index in [1.807, 2.05) is 17.8 Å². The number of benzene rings is 1. The minimum atomic E-state index is 0.707. The summed E-state index contributed by atoms with van der Waals surface area (Å²) in [6, 6.07) is 6.22. The third-order valence-corrected chi connectivity index (χ3v) is 4.30. The molecule has 19 heavy (non-hydrogen) atoms. The van der Waals surface area contributed by atoms with Crippen LogP contribution in [0.1, 0.15) is 5.69 Å². The molecule has 3 rings (SSSR count). The van der Waals surface area contributed by atoms with E-state index in [-0.39, 0.29) is 0 Å². The molecule has 0 atom stereocenters. The zero-order valence-corrected chi connectivity index (χ0v) is 12.7. The molecule has 0 saturated heterocycles. The predicted molar refractivity (Wildman–Crippen MR) is 82.0 cm³/mol. The number of aromatic nitrogens is 3. The number of nitrogens with two attached hydrogens (primary N) is 1. The van der Waals surface area contributed by atoms with Crippen molar-refractivity contribution in [3.05, 3.63) is 34.6 Å². The van der Waals surface area contributed by atoms with Crippen molar-refractivity contribution in [2.24, 2.45) is 14.1 Å². The molecule has 4 nitrogen and oxygen atoms in total. The van der Waals surface area contributed by atoms with E-state index in [1.54, 1.807) is 6.20 Å². The van der Waals surface area contributed by atoms with E-state index in [1.165, 1.54) is 16.6 Å². The lowest BCUT2D eigenvalue weighted by Crippen LogP contribution is -1.98. The van der Waals surface area contributed by atoms with Gasteiger partial charge >= 0.3 is 0 Å². The minimum absolute atomic E-state index is 0.707. The maximum atomic E-state index is 6.08. The van der Waals surface area contributed by atoms with E-state index >= 15 is 0 Å². The van der Waals surface area contributed by atoms with Gasteiger partial charge in [-0.3, -0.25) is 4.68 Å². The summed E-state index contributed by atoms with van der Waals surface area (Å²) in [5, 5.41) is 5.43. The van der Waals surface area contributed by atoms with Crippen LogP contribution in [0.4, 0.5) is 5.69 Å². The Morgan fingerprint density at radius 2 is 2.00 bits per heavy atom. The first-order valence-corrected chi connectivity index (χ1v) is 6.83. The van der Waals surface area contributed by atoms with Gasteiger partial charge in [-0.1, -0.05) is 12.1 Å². The maximum absolute atomic E-state index is 6.08. The van der Waals surface area contributed by atoms with Crippen LogP contribution in [0.5, 0.6) is 0 Å². The minimum Gasteiger partial charge on any atom is -0.396 e. The van der Waals surface area contributed by atoms with Gasteiger partial charge in [0, 0.05) is 35.2 Å². The van der Waals surface area contributed by atoms with Crippen LogP contribution in [-0.2, 0) is 14.1 Å². The summed E-state index contributed by atoms with van der Waals surface area (Å²) in [4.78, 5) is 0. The average molecular weight is 319 g/mol. The third-order valence-electron chi connectivity index (χ3n) is 3.66.